The van der Waals surface area contributed by atoms with Gasteiger partial charge < -0.3 is 15.1 Å². The molecule has 2 heterocycles. The zero-order valence-corrected chi connectivity index (χ0v) is 25.7. The number of carbonyl (C=O) groups is 1. The van der Waals surface area contributed by atoms with Crippen molar-refractivity contribution in [3.63, 3.8) is 0 Å². The summed E-state index contributed by atoms with van der Waals surface area (Å²) in [5.41, 5.74) is 4.53. The summed E-state index contributed by atoms with van der Waals surface area (Å²) in [4.78, 5) is 20.0. The van der Waals surface area contributed by atoms with Gasteiger partial charge in [0.1, 0.15) is 11.6 Å². The molecule has 3 aliphatic rings. The Bertz CT molecular complexity index is 1490. The van der Waals surface area contributed by atoms with E-state index < -0.39 is 12.2 Å². The van der Waals surface area contributed by atoms with Crippen LogP contribution in [0.1, 0.15) is 32.3 Å². The van der Waals surface area contributed by atoms with E-state index in [1.165, 1.54) is 23.1 Å². The molecule has 2 aromatic carbocycles. The number of fused-ring (bicyclic) bond motifs is 2. The maximum absolute atomic E-state index is 13.7. The van der Waals surface area contributed by atoms with E-state index in [1.54, 1.807) is 4.90 Å². The van der Waals surface area contributed by atoms with Gasteiger partial charge in [-0.3, -0.25) is 9.69 Å². The van der Waals surface area contributed by atoms with Crippen LogP contribution in [0.4, 0.5) is 24.5 Å². The second-order valence-electron chi connectivity index (χ2n) is 11.4. The highest BCUT2D eigenvalue weighted by molar-refractivity contribution is 7.64. The second kappa shape index (κ2) is 12.4. The number of hydrogen-bond donors (Lipinski definition) is 1. The highest BCUT2D eigenvalue weighted by Crippen LogP contribution is 2.35. The fourth-order valence-electron chi connectivity index (χ4n) is 5.88. The van der Waals surface area contributed by atoms with Crippen molar-refractivity contribution in [3.05, 3.63) is 100 Å². The minimum atomic E-state index is -2.81. The summed E-state index contributed by atoms with van der Waals surface area (Å²) in [6, 6.07) is 11.8. The molecule has 1 N–H and O–H groups in total. The minimum Gasteiger partial charge on any atom is -0.378 e. The molecule has 5 rings (SSSR count). The highest BCUT2D eigenvalue weighted by atomic mass is 31.1. The molecule has 5 nitrogen and oxygen atoms in total. The number of amides is 1. The molecule has 1 fully saturated rings. The summed E-state index contributed by atoms with van der Waals surface area (Å²) in [5.74, 6) is 0.0972. The van der Waals surface area contributed by atoms with Crippen molar-refractivity contribution in [2.45, 2.75) is 32.7 Å². The number of anilines is 2. The normalized spacial score (nSPS) is 18.6. The summed E-state index contributed by atoms with van der Waals surface area (Å²) >= 11 is 0. The quantitative estimate of drug-likeness (QED) is 0.365. The van der Waals surface area contributed by atoms with Gasteiger partial charge in [-0.1, -0.05) is 37.8 Å². The van der Waals surface area contributed by atoms with Gasteiger partial charge in [0.15, 0.2) is 0 Å². The van der Waals surface area contributed by atoms with Gasteiger partial charge >= 0.3 is 0 Å². The smallest absolute Gasteiger partial charge is 0.265 e. The van der Waals surface area contributed by atoms with Crippen LogP contribution < -0.4 is 15.5 Å². The van der Waals surface area contributed by atoms with Crippen LogP contribution in [-0.4, -0.2) is 68.3 Å². The zero-order valence-electron chi connectivity index (χ0n) is 24.8. The Morgan fingerprint density at radius 3 is 2.36 bits per heavy atom. The number of nitrogens with zero attached hydrogens (tertiary/aromatic N) is 3. The number of allylic oxidation sites excluding steroid dienone is 4. The molecule has 2 aromatic rings. The first-order chi connectivity index (χ1) is 20.0. The summed E-state index contributed by atoms with van der Waals surface area (Å²) in [6.45, 7) is 11.6. The molecule has 0 unspecified atom stereocenters. The van der Waals surface area contributed by atoms with Crippen molar-refractivity contribution in [2.24, 2.45) is 0 Å². The van der Waals surface area contributed by atoms with E-state index in [0.29, 0.717) is 12.0 Å². The second-order valence-corrected chi connectivity index (χ2v) is 13.7. The molecule has 0 saturated carbocycles. The first kappa shape index (κ1) is 30.0. The maximum atomic E-state index is 13.7. The van der Waals surface area contributed by atoms with Gasteiger partial charge in [0.2, 0.25) is 0 Å². The lowest BCUT2D eigenvalue weighted by Crippen LogP contribution is -2.49. The van der Waals surface area contributed by atoms with Crippen LogP contribution in [0.2, 0.25) is 0 Å². The molecule has 42 heavy (non-hydrogen) atoms. The topological polar surface area (TPSA) is 38.8 Å². The number of halogens is 3. The first-order valence-corrected chi connectivity index (χ1v) is 16.5. The van der Waals surface area contributed by atoms with Gasteiger partial charge in [-0.2, -0.15) is 0 Å². The van der Waals surface area contributed by atoms with Gasteiger partial charge in [0, 0.05) is 68.2 Å². The average molecular weight is 595 g/mol. The monoisotopic (exact) mass is 594 g/mol. The number of benzene rings is 2. The SMILES string of the molecule is CC1=CC([C@@H](C)Nc2ccc(F)cc2C(F)F)=C2C=C(N3CCN(c4cccc(P(C)C)c4)CC3)N(C)C(=O)C(=C1)C2. The van der Waals surface area contributed by atoms with Gasteiger partial charge in [0.05, 0.1) is 0 Å². The van der Waals surface area contributed by atoms with Gasteiger partial charge in [-0.25, -0.2) is 13.2 Å². The molecule has 9 heteroatoms. The average Bonchev–Trinajstić information content (AvgIpc) is 3.21. The summed E-state index contributed by atoms with van der Waals surface area (Å²) < 4.78 is 41.2. The molecule has 0 spiro atoms. The number of likely N-dealkylation sites (N-methyl/N-ethyl adjacent to an activating group) is 1. The third-order valence-corrected chi connectivity index (χ3v) is 9.48. The Hall–Kier alpha value is -3.51. The molecular formula is C33H38F3N4OP. The molecule has 0 radical (unpaired) electrons. The van der Waals surface area contributed by atoms with Gasteiger partial charge in [-0.05, 0) is 80.0 Å². The Kier molecular flexibility index (Phi) is 8.84. The van der Waals surface area contributed by atoms with Crippen molar-refractivity contribution in [2.75, 3.05) is 56.8 Å². The van der Waals surface area contributed by atoms with E-state index in [-0.39, 0.29) is 31.1 Å². The summed E-state index contributed by atoms with van der Waals surface area (Å²) in [6.07, 6.45) is 3.64. The van der Waals surface area contributed by atoms with Crippen LogP contribution in [-0.2, 0) is 4.79 Å². The molecule has 1 atom stereocenters. The molecule has 0 aromatic heterocycles. The van der Waals surface area contributed by atoms with Crippen molar-refractivity contribution >= 4 is 30.5 Å². The Morgan fingerprint density at radius 2 is 1.67 bits per heavy atom. The number of alkyl halides is 2. The molecule has 2 aliphatic heterocycles. The first-order valence-electron chi connectivity index (χ1n) is 14.2. The molecule has 2 bridgehead atoms. The van der Waals surface area contributed by atoms with E-state index in [1.807, 2.05) is 33.0 Å². The third kappa shape index (κ3) is 6.29. The predicted octanol–water partition coefficient (Wildman–Crippen LogP) is 6.64. The van der Waals surface area contributed by atoms with Crippen LogP contribution in [0.5, 0.6) is 0 Å². The molecule has 1 aliphatic carbocycles. The number of piperazine rings is 1. The van der Waals surface area contributed by atoms with E-state index in [9.17, 15) is 18.0 Å². The third-order valence-electron chi connectivity index (χ3n) is 8.17. The van der Waals surface area contributed by atoms with Crippen molar-refractivity contribution in [1.82, 2.24) is 9.80 Å². The Balaban J connectivity index is 1.44. The highest BCUT2D eigenvalue weighted by Gasteiger charge is 2.31. The fraction of sp³-hybridized carbons (Fsp3) is 0.364. The van der Waals surface area contributed by atoms with Crippen LogP contribution in [0, 0.1) is 5.82 Å². The van der Waals surface area contributed by atoms with E-state index >= 15 is 0 Å². The number of hydrogen-bond acceptors (Lipinski definition) is 4. The number of nitrogens with one attached hydrogen (secondary N) is 1. The molecule has 222 valence electrons. The largest absolute Gasteiger partial charge is 0.378 e. The molecular weight excluding hydrogens is 556 g/mol. The lowest BCUT2D eigenvalue weighted by molar-refractivity contribution is -0.125. The van der Waals surface area contributed by atoms with Gasteiger partial charge in [0.25, 0.3) is 12.3 Å². The molecule has 1 saturated heterocycles. The Labute approximate surface area is 247 Å². The predicted molar refractivity (Wildman–Crippen MR) is 167 cm³/mol. The summed E-state index contributed by atoms with van der Waals surface area (Å²) in [7, 11) is 1.65. The van der Waals surface area contributed by atoms with Crippen molar-refractivity contribution in [1.29, 1.82) is 0 Å². The minimum absolute atomic E-state index is 0.0428. The molecule has 1 amide bonds. The van der Waals surface area contributed by atoms with Crippen molar-refractivity contribution < 1.29 is 18.0 Å². The van der Waals surface area contributed by atoms with Gasteiger partial charge in [-0.15, -0.1) is 0 Å². The van der Waals surface area contributed by atoms with Crippen LogP contribution in [0.3, 0.4) is 0 Å². The fourth-order valence-corrected chi connectivity index (χ4v) is 6.66. The number of carbonyl (C=O) groups excluding carboxylic acids is 1. The van der Waals surface area contributed by atoms with Crippen LogP contribution in [0.25, 0.3) is 0 Å². The van der Waals surface area contributed by atoms with Crippen LogP contribution in [0.15, 0.2) is 88.8 Å². The lowest BCUT2D eigenvalue weighted by atomic mass is 9.96. The van der Waals surface area contributed by atoms with E-state index in [2.05, 4.69) is 58.8 Å². The van der Waals surface area contributed by atoms with Crippen molar-refractivity contribution in [3.8, 4) is 0 Å². The Morgan fingerprint density at radius 1 is 0.952 bits per heavy atom. The maximum Gasteiger partial charge on any atom is 0.265 e. The number of rotatable bonds is 7. The standard InChI is InChI=1S/C33H38F3N4OP/c1-21-15-24-17-23(28(16-21)22(2)37-30-10-9-25(34)19-29(30)32(35)36)18-31(38(3)33(24)41)40-13-11-39(12-14-40)26-7-6-8-27(20-26)42(4)5/h6-10,15-16,18-20,22,32,37H,11-14,17H2,1-5H3/t22-/m1/s1. The van der Waals surface area contributed by atoms with E-state index in [4.69, 9.17) is 0 Å². The van der Waals surface area contributed by atoms with E-state index in [0.717, 1.165) is 54.8 Å². The summed E-state index contributed by atoms with van der Waals surface area (Å²) in [5, 5.41) is 4.57. The zero-order chi connectivity index (χ0) is 30.1. The van der Waals surface area contributed by atoms with Crippen LogP contribution >= 0.6 is 7.92 Å². The lowest BCUT2D eigenvalue weighted by Gasteiger charge is -2.40.